The topological polar surface area (TPSA) is 109 Å². The smallest absolute Gasteiger partial charge is 0.269 e. The van der Waals surface area contributed by atoms with E-state index in [0.29, 0.717) is 35.6 Å². The van der Waals surface area contributed by atoms with Gasteiger partial charge in [0, 0.05) is 23.2 Å². The molecular weight excluding hydrogens is 452 g/mol. The van der Waals surface area contributed by atoms with Crippen molar-refractivity contribution in [3.8, 4) is 5.75 Å². The first-order valence-corrected chi connectivity index (χ1v) is 11.7. The lowest BCUT2D eigenvalue weighted by atomic mass is 10.1. The van der Waals surface area contributed by atoms with Gasteiger partial charge in [-0.15, -0.1) is 0 Å². The molecule has 0 fully saturated rings. The number of rotatable bonds is 10. The van der Waals surface area contributed by atoms with Crippen molar-refractivity contribution >= 4 is 40.7 Å². The lowest BCUT2D eigenvalue weighted by molar-refractivity contribution is -0.116. The van der Waals surface area contributed by atoms with Crippen LogP contribution in [0.2, 0.25) is 0 Å². The van der Waals surface area contributed by atoms with Gasteiger partial charge in [0.1, 0.15) is 5.75 Å². The number of ether oxygens (including phenoxy) is 1. The van der Waals surface area contributed by atoms with Crippen molar-refractivity contribution in [2.24, 2.45) is 5.92 Å². The van der Waals surface area contributed by atoms with Crippen molar-refractivity contribution in [1.82, 2.24) is 16.2 Å². The number of hydrogen-bond donors (Lipinski definition) is 4. The van der Waals surface area contributed by atoms with Gasteiger partial charge >= 0.3 is 0 Å². The van der Waals surface area contributed by atoms with E-state index in [9.17, 15) is 14.4 Å². The van der Waals surface area contributed by atoms with E-state index in [2.05, 4.69) is 28.4 Å². The molecule has 0 heterocycles. The number of hydrogen-bond acceptors (Lipinski definition) is 5. The van der Waals surface area contributed by atoms with E-state index in [4.69, 9.17) is 17.0 Å². The van der Waals surface area contributed by atoms with Gasteiger partial charge in [-0.05, 0) is 73.1 Å². The van der Waals surface area contributed by atoms with Crippen molar-refractivity contribution in [3.63, 3.8) is 0 Å². The predicted octanol–water partition coefficient (Wildman–Crippen LogP) is 4.19. The second-order valence-corrected chi connectivity index (χ2v) is 8.57. The third kappa shape index (κ3) is 9.58. The maximum Gasteiger partial charge on any atom is 0.269 e. The molecule has 0 aromatic heterocycles. The molecule has 2 aromatic rings. The molecule has 0 spiro atoms. The number of nitrogens with one attached hydrogen (secondary N) is 4. The molecule has 0 atom stereocenters. The molecule has 0 bridgehead atoms. The Labute approximate surface area is 205 Å². The second-order valence-electron chi connectivity index (χ2n) is 8.17. The molecule has 0 unspecified atom stereocenters. The minimum Gasteiger partial charge on any atom is -0.494 e. The molecule has 2 aromatic carbocycles. The zero-order chi connectivity index (χ0) is 24.9. The fourth-order valence-corrected chi connectivity index (χ4v) is 3.07. The van der Waals surface area contributed by atoms with E-state index in [1.165, 1.54) is 0 Å². The maximum absolute atomic E-state index is 12.3. The van der Waals surface area contributed by atoms with Crippen molar-refractivity contribution in [3.05, 3.63) is 59.7 Å². The van der Waals surface area contributed by atoms with E-state index in [1.54, 1.807) is 48.5 Å². The van der Waals surface area contributed by atoms with Crippen LogP contribution in [0.15, 0.2) is 48.5 Å². The molecule has 0 radical (unpaired) electrons. The van der Waals surface area contributed by atoms with Crippen molar-refractivity contribution in [2.75, 3.05) is 11.9 Å². The Balaban J connectivity index is 1.77. The number of benzene rings is 2. The van der Waals surface area contributed by atoms with Crippen LogP contribution in [0.3, 0.4) is 0 Å². The summed E-state index contributed by atoms with van der Waals surface area (Å²) in [4.78, 5) is 36.5. The molecule has 34 heavy (non-hydrogen) atoms. The van der Waals surface area contributed by atoms with Gasteiger partial charge in [0.15, 0.2) is 5.11 Å². The second kappa shape index (κ2) is 13.9. The molecule has 0 saturated carbocycles. The molecule has 4 N–H and O–H groups in total. The number of thiocarbonyl (C=S) groups is 1. The molecule has 0 saturated heterocycles. The van der Waals surface area contributed by atoms with Gasteiger partial charge in [-0.2, -0.15) is 0 Å². The quantitative estimate of drug-likeness (QED) is 0.229. The van der Waals surface area contributed by atoms with Crippen LogP contribution < -0.4 is 26.2 Å². The molecule has 9 heteroatoms. The predicted molar refractivity (Wildman–Crippen MR) is 137 cm³/mol. The van der Waals surface area contributed by atoms with Gasteiger partial charge in [-0.1, -0.05) is 33.6 Å². The SMILES string of the molecule is CCCCCOc1ccc(C(=O)NC(=S)NNC(=O)c2ccc(NC(=O)CC(C)C)cc2)cc1. The number of carbonyl (C=O) groups excluding carboxylic acids is 3. The summed E-state index contributed by atoms with van der Waals surface area (Å²) in [7, 11) is 0. The summed E-state index contributed by atoms with van der Waals surface area (Å²) in [5.41, 5.74) is 6.31. The monoisotopic (exact) mass is 484 g/mol. The standard InChI is InChI=1S/C25H32N4O4S/c1-4-5-6-15-33-21-13-9-18(10-14-21)23(31)27-25(34)29-28-24(32)19-7-11-20(12-8-19)26-22(30)16-17(2)3/h7-14,17H,4-6,15-16H2,1-3H3,(H,26,30)(H,28,32)(H2,27,29,31,34). The van der Waals surface area contributed by atoms with E-state index in [1.807, 2.05) is 13.8 Å². The largest absolute Gasteiger partial charge is 0.494 e. The third-order valence-corrected chi connectivity index (χ3v) is 4.88. The maximum atomic E-state index is 12.3. The zero-order valence-electron chi connectivity index (χ0n) is 19.8. The van der Waals surface area contributed by atoms with Crippen LogP contribution in [0.1, 0.15) is 67.2 Å². The summed E-state index contributed by atoms with van der Waals surface area (Å²) in [5.74, 6) is 0.0244. The zero-order valence-corrected chi connectivity index (χ0v) is 20.6. The van der Waals surface area contributed by atoms with Crippen LogP contribution in [-0.2, 0) is 4.79 Å². The summed E-state index contributed by atoms with van der Waals surface area (Å²) in [5, 5.41) is 5.24. The summed E-state index contributed by atoms with van der Waals surface area (Å²) >= 11 is 5.08. The molecular formula is C25H32N4O4S. The molecule has 3 amide bonds. The first-order chi connectivity index (χ1) is 16.3. The Morgan fingerprint density at radius 1 is 0.882 bits per heavy atom. The molecule has 182 valence electrons. The van der Waals surface area contributed by atoms with Crippen LogP contribution in [0.4, 0.5) is 5.69 Å². The summed E-state index contributed by atoms with van der Waals surface area (Å²) < 4.78 is 5.63. The fraction of sp³-hybridized carbons (Fsp3) is 0.360. The minimum absolute atomic E-state index is 0.0455. The van der Waals surface area contributed by atoms with Gasteiger partial charge in [0.25, 0.3) is 11.8 Å². The first-order valence-electron chi connectivity index (χ1n) is 11.3. The Hall–Kier alpha value is -3.46. The minimum atomic E-state index is -0.443. The van der Waals surface area contributed by atoms with E-state index < -0.39 is 11.8 Å². The van der Waals surface area contributed by atoms with Gasteiger partial charge in [-0.3, -0.25) is 30.6 Å². The van der Waals surface area contributed by atoms with Gasteiger partial charge in [0.2, 0.25) is 5.91 Å². The van der Waals surface area contributed by atoms with Crippen molar-refractivity contribution < 1.29 is 19.1 Å². The summed E-state index contributed by atoms with van der Waals surface area (Å²) in [6.45, 7) is 6.71. The van der Waals surface area contributed by atoms with Crippen LogP contribution in [0, 0.1) is 5.92 Å². The van der Waals surface area contributed by atoms with Crippen LogP contribution in [0.5, 0.6) is 5.75 Å². The average Bonchev–Trinajstić information content (AvgIpc) is 2.80. The molecule has 2 rings (SSSR count). The number of hydrazine groups is 1. The highest BCUT2D eigenvalue weighted by atomic mass is 32.1. The van der Waals surface area contributed by atoms with E-state index in [-0.39, 0.29) is 16.9 Å². The highest BCUT2D eigenvalue weighted by molar-refractivity contribution is 7.80. The summed E-state index contributed by atoms with van der Waals surface area (Å²) in [6.07, 6.45) is 3.65. The van der Waals surface area contributed by atoms with Crippen LogP contribution in [-0.4, -0.2) is 29.4 Å². The highest BCUT2D eigenvalue weighted by Gasteiger charge is 2.11. The molecule has 0 aliphatic carbocycles. The lowest BCUT2D eigenvalue weighted by Crippen LogP contribution is -2.48. The highest BCUT2D eigenvalue weighted by Crippen LogP contribution is 2.13. The first kappa shape index (κ1) is 26.8. The van der Waals surface area contributed by atoms with Gasteiger partial charge < -0.3 is 10.1 Å². The summed E-state index contributed by atoms with van der Waals surface area (Å²) in [6, 6.07) is 13.2. The number of unbranched alkanes of at least 4 members (excludes halogenated alkanes) is 2. The van der Waals surface area contributed by atoms with Gasteiger partial charge in [-0.25, -0.2) is 0 Å². The molecule has 0 aliphatic heterocycles. The van der Waals surface area contributed by atoms with Crippen molar-refractivity contribution in [1.29, 1.82) is 0 Å². The number of anilines is 1. The Morgan fingerprint density at radius 2 is 1.50 bits per heavy atom. The fourth-order valence-electron chi connectivity index (χ4n) is 2.92. The Kier molecular flexibility index (Phi) is 11.0. The normalized spacial score (nSPS) is 10.4. The van der Waals surface area contributed by atoms with Gasteiger partial charge in [0.05, 0.1) is 6.61 Å². The van der Waals surface area contributed by atoms with Crippen LogP contribution in [0.25, 0.3) is 0 Å². The molecule has 0 aliphatic rings. The van der Waals surface area contributed by atoms with E-state index in [0.717, 1.165) is 19.3 Å². The van der Waals surface area contributed by atoms with E-state index >= 15 is 0 Å². The number of carbonyl (C=O) groups is 3. The number of amides is 3. The Morgan fingerprint density at radius 3 is 2.12 bits per heavy atom. The third-order valence-electron chi connectivity index (χ3n) is 4.67. The average molecular weight is 485 g/mol. The lowest BCUT2D eigenvalue weighted by Gasteiger charge is -2.12. The van der Waals surface area contributed by atoms with Crippen molar-refractivity contribution in [2.45, 2.75) is 46.5 Å². The van der Waals surface area contributed by atoms with Crippen LogP contribution >= 0.6 is 12.2 Å². The Bertz CT molecular complexity index is 975. The molecule has 8 nitrogen and oxygen atoms in total.